The van der Waals surface area contributed by atoms with Crippen LogP contribution in [-0.2, 0) is 6.42 Å². The van der Waals surface area contributed by atoms with Crippen LogP contribution in [0.25, 0.3) is 17.5 Å². The second-order valence-corrected chi connectivity index (χ2v) is 5.55. The number of nitrogens with zero attached hydrogens (tertiary/aromatic N) is 3. The molecule has 0 aromatic carbocycles. The van der Waals surface area contributed by atoms with E-state index < -0.39 is 0 Å². The Morgan fingerprint density at radius 1 is 1.33 bits per heavy atom. The Morgan fingerprint density at radius 3 is 3.00 bits per heavy atom. The van der Waals surface area contributed by atoms with Crippen LogP contribution in [0.2, 0.25) is 5.15 Å². The van der Waals surface area contributed by atoms with Crippen molar-refractivity contribution in [3.8, 4) is 11.4 Å². The third-order valence-electron chi connectivity index (χ3n) is 2.76. The maximum atomic E-state index is 6.21. The highest BCUT2D eigenvalue weighted by molar-refractivity contribution is 9.09. The van der Waals surface area contributed by atoms with E-state index in [2.05, 4.69) is 37.0 Å². The zero-order chi connectivity index (χ0) is 12.5. The predicted molar refractivity (Wildman–Crippen MR) is 75.7 cm³/mol. The number of allylic oxidation sites excluding steroid dienone is 1. The molecule has 0 bridgehead atoms. The lowest BCUT2D eigenvalue weighted by molar-refractivity contribution is 0.934. The molecule has 18 heavy (non-hydrogen) atoms. The van der Waals surface area contributed by atoms with Crippen LogP contribution in [0.4, 0.5) is 0 Å². The predicted octanol–water partition coefficient (Wildman–Crippen LogP) is 3.52. The number of alkyl halides is 1. The van der Waals surface area contributed by atoms with Crippen LogP contribution < -0.4 is 0 Å². The van der Waals surface area contributed by atoms with E-state index in [0.29, 0.717) is 15.8 Å². The second-order valence-electron chi connectivity index (χ2n) is 4.02. The number of aromatic nitrogens is 3. The van der Waals surface area contributed by atoms with Crippen molar-refractivity contribution in [2.24, 2.45) is 0 Å². The molecule has 3 rings (SSSR count). The van der Waals surface area contributed by atoms with Gasteiger partial charge in [0.15, 0.2) is 5.82 Å². The van der Waals surface area contributed by atoms with Crippen LogP contribution in [-0.4, -0.2) is 19.8 Å². The zero-order valence-electron chi connectivity index (χ0n) is 9.35. The van der Waals surface area contributed by atoms with Crippen LogP contribution in [0.1, 0.15) is 11.3 Å². The molecule has 3 nitrogen and oxygen atoms in total. The quantitative estimate of drug-likeness (QED) is 0.595. The molecule has 0 radical (unpaired) electrons. The third-order valence-corrected chi connectivity index (χ3v) is 3.67. The maximum Gasteiger partial charge on any atom is 0.162 e. The minimum absolute atomic E-state index is 0.303. The Kier molecular flexibility index (Phi) is 3.14. The van der Waals surface area contributed by atoms with Gasteiger partial charge in [-0.3, -0.25) is 4.98 Å². The van der Waals surface area contributed by atoms with E-state index in [-0.39, 0.29) is 0 Å². The Bertz CT molecular complexity index is 613. The van der Waals surface area contributed by atoms with Gasteiger partial charge in [0.25, 0.3) is 0 Å². The molecule has 0 saturated carbocycles. The SMILES string of the molecule is Clc1nc(-c2cccnc2)nc2c1C=CC(Br)C2. The molecule has 90 valence electrons. The monoisotopic (exact) mass is 321 g/mol. The van der Waals surface area contributed by atoms with Crippen molar-refractivity contribution in [3.63, 3.8) is 0 Å². The lowest BCUT2D eigenvalue weighted by Crippen LogP contribution is -2.10. The molecule has 1 aliphatic rings. The van der Waals surface area contributed by atoms with Crippen molar-refractivity contribution in [2.45, 2.75) is 11.2 Å². The van der Waals surface area contributed by atoms with E-state index in [1.807, 2.05) is 18.2 Å². The van der Waals surface area contributed by atoms with Gasteiger partial charge in [-0.05, 0) is 12.1 Å². The molecule has 0 aliphatic heterocycles. The van der Waals surface area contributed by atoms with Crippen molar-refractivity contribution in [3.05, 3.63) is 47.0 Å². The van der Waals surface area contributed by atoms with E-state index >= 15 is 0 Å². The van der Waals surface area contributed by atoms with E-state index in [4.69, 9.17) is 11.6 Å². The van der Waals surface area contributed by atoms with Gasteiger partial charge in [0.05, 0.1) is 5.69 Å². The molecule has 0 saturated heterocycles. The van der Waals surface area contributed by atoms with Crippen molar-refractivity contribution < 1.29 is 0 Å². The highest BCUT2D eigenvalue weighted by Crippen LogP contribution is 2.28. The van der Waals surface area contributed by atoms with Gasteiger partial charge >= 0.3 is 0 Å². The van der Waals surface area contributed by atoms with Gasteiger partial charge in [-0.1, -0.05) is 39.7 Å². The Labute approximate surface area is 118 Å². The molecule has 2 aromatic rings. The zero-order valence-corrected chi connectivity index (χ0v) is 11.7. The number of rotatable bonds is 1. The van der Waals surface area contributed by atoms with Gasteiger partial charge in [-0.25, -0.2) is 9.97 Å². The summed E-state index contributed by atoms with van der Waals surface area (Å²) < 4.78 is 0. The maximum absolute atomic E-state index is 6.21. The van der Waals surface area contributed by atoms with E-state index in [0.717, 1.165) is 23.2 Å². The fraction of sp³-hybridized carbons (Fsp3) is 0.154. The van der Waals surface area contributed by atoms with Crippen LogP contribution in [0, 0.1) is 0 Å². The van der Waals surface area contributed by atoms with Crippen LogP contribution in [0.15, 0.2) is 30.6 Å². The normalized spacial score (nSPS) is 17.6. The molecular weight excluding hydrogens is 314 g/mol. The van der Waals surface area contributed by atoms with Gasteiger partial charge in [-0.15, -0.1) is 0 Å². The molecule has 1 aliphatic carbocycles. The molecule has 0 N–H and O–H groups in total. The highest BCUT2D eigenvalue weighted by Gasteiger charge is 2.18. The number of pyridine rings is 1. The van der Waals surface area contributed by atoms with Crippen molar-refractivity contribution in [1.82, 2.24) is 15.0 Å². The summed E-state index contributed by atoms with van der Waals surface area (Å²) in [6, 6.07) is 3.79. The standard InChI is InChI=1S/C13H9BrClN3/c14-9-3-4-10-11(6-9)17-13(18-12(10)15)8-2-1-5-16-7-8/h1-5,7,9H,6H2. The fourth-order valence-electron chi connectivity index (χ4n) is 1.88. The topological polar surface area (TPSA) is 38.7 Å². The summed E-state index contributed by atoms with van der Waals surface area (Å²) in [5, 5.41) is 0.495. The Morgan fingerprint density at radius 2 is 2.22 bits per heavy atom. The van der Waals surface area contributed by atoms with E-state index in [1.165, 1.54) is 0 Å². The molecule has 2 heterocycles. The number of hydrogen-bond acceptors (Lipinski definition) is 3. The highest BCUT2D eigenvalue weighted by atomic mass is 79.9. The minimum atomic E-state index is 0.303. The Balaban J connectivity index is 2.12. The number of hydrogen-bond donors (Lipinski definition) is 0. The summed E-state index contributed by atoms with van der Waals surface area (Å²) in [6.45, 7) is 0. The summed E-state index contributed by atoms with van der Waals surface area (Å²) in [6.07, 6.45) is 8.30. The van der Waals surface area contributed by atoms with Crippen molar-refractivity contribution in [1.29, 1.82) is 0 Å². The van der Waals surface area contributed by atoms with Crippen molar-refractivity contribution in [2.75, 3.05) is 0 Å². The molecule has 0 fully saturated rings. The lowest BCUT2D eigenvalue weighted by atomic mass is 10.0. The minimum Gasteiger partial charge on any atom is -0.264 e. The summed E-state index contributed by atoms with van der Waals surface area (Å²) in [7, 11) is 0. The summed E-state index contributed by atoms with van der Waals surface area (Å²) in [5.74, 6) is 0.627. The molecule has 1 atom stereocenters. The molecule has 1 unspecified atom stereocenters. The number of fused-ring (bicyclic) bond motifs is 1. The van der Waals surface area contributed by atoms with Gasteiger partial charge < -0.3 is 0 Å². The average molecular weight is 323 g/mol. The van der Waals surface area contributed by atoms with Gasteiger partial charge in [0, 0.05) is 34.8 Å². The fourth-order valence-corrected chi connectivity index (χ4v) is 2.59. The molecular formula is C13H9BrClN3. The summed E-state index contributed by atoms with van der Waals surface area (Å²) >= 11 is 9.77. The van der Waals surface area contributed by atoms with E-state index in [9.17, 15) is 0 Å². The first-order valence-electron chi connectivity index (χ1n) is 5.53. The first-order chi connectivity index (χ1) is 8.74. The second kappa shape index (κ2) is 4.78. The van der Waals surface area contributed by atoms with Gasteiger partial charge in [-0.2, -0.15) is 0 Å². The average Bonchev–Trinajstić information content (AvgIpc) is 2.39. The largest absolute Gasteiger partial charge is 0.264 e. The number of halogens is 2. The van der Waals surface area contributed by atoms with Crippen molar-refractivity contribution >= 4 is 33.6 Å². The summed E-state index contributed by atoms with van der Waals surface area (Å²) in [4.78, 5) is 13.3. The van der Waals surface area contributed by atoms with Crippen LogP contribution in [0.3, 0.4) is 0 Å². The molecule has 5 heteroatoms. The van der Waals surface area contributed by atoms with Gasteiger partial charge in [0.1, 0.15) is 5.15 Å². The first kappa shape index (κ1) is 11.8. The van der Waals surface area contributed by atoms with Crippen LogP contribution >= 0.6 is 27.5 Å². The third kappa shape index (κ3) is 2.18. The first-order valence-corrected chi connectivity index (χ1v) is 6.82. The molecule has 0 amide bonds. The van der Waals surface area contributed by atoms with E-state index in [1.54, 1.807) is 12.4 Å². The molecule has 0 spiro atoms. The van der Waals surface area contributed by atoms with Crippen LogP contribution in [0.5, 0.6) is 0 Å². The smallest absolute Gasteiger partial charge is 0.162 e. The molecule has 2 aromatic heterocycles. The summed E-state index contributed by atoms with van der Waals surface area (Å²) in [5.41, 5.74) is 2.76. The Hall–Kier alpha value is -1.26. The lowest BCUT2D eigenvalue weighted by Gasteiger charge is -2.15. The van der Waals surface area contributed by atoms with Gasteiger partial charge in [0.2, 0.25) is 0 Å².